The van der Waals surface area contributed by atoms with Gasteiger partial charge in [-0.3, -0.25) is 9.59 Å². The van der Waals surface area contributed by atoms with Gasteiger partial charge in [-0.05, 0) is 41.3 Å². The van der Waals surface area contributed by atoms with Gasteiger partial charge < -0.3 is 15.1 Å². The number of fused-ring (bicyclic) bond motifs is 3. The summed E-state index contributed by atoms with van der Waals surface area (Å²) in [6, 6.07) is 22.4. The highest BCUT2D eigenvalue weighted by Gasteiger charge is 2.42. The van der Waals surface area contributed by atoms with Crippen LogP contribution in [0.25, 0.3) is 11.1 Å². The Balaban J connectivity index is 1.38. The van der Waals surface area contributed by atoms with Crippen LogP contribution in [0.1, 0.15) is 47.2 Å². The van der Waals surface area contributed by atoms with Crippen molar-refractivity contribution in [3.63, 3.8) is 0 Å². The smallest absolute Gasteiger partial charge is 0.370 e. The van der Waals surface area contributed by atoms with Crippen LogP contribution in [0.4, 0.5) is 18.9 Å². The van der Waals surface area contributed by atoms with Crippen LogP contribution in [0, 0.1) is 5.92 Å². The fourth-order valence-electron chi connectivity index (χ4n) is 5.61. The van der Waals surface area contributed by atoms with Crippen molar-refractivity contribution >= 4 is 17.5 Å². The lowest BCUT2D eigenvalue weighted by atomic mass is 9.90. The number of anilines is 1. The molecule has 0 aromatic heterocycles. The number of hydrogen-bond donors (Lipinski definition) is 1. The summed E-state index contributed by atoms with van der Waals surface area (Å²) >= 11 is 0. The normalized spacial score (nSPS) is 16.3. The summed E-state index contributed by atoms with van der Waals surface area (Å²) in [5.74, 6) is -1.18. The topological polar surface area (TPSA) is 52.7 Å². The third kappa shape index (κ3) is 5.65. The zero-order valence-corrected chi connectivity index (χ0v) is 21.9. The second-order valence-electron chi connectivity index (χ2n) is 10.3. The molecule has 8 heteroatoms. The largest absolute Gasteiger partial charge is 0.406 e. The third-order valence-corrected chi connectivity index (χ3v) is 7.53. The van der Waals surface area contributed by atoms with Gasteiger partial charge in [-0.25, -0.2) is 0 Å². The molecule has 0 saturated carbocycles. The number of halogens is 3. The van der Waals surface area contributed by atoms with Gasteiger partial charge in [0.2, 0.25) is 5.91 Å². The van der Waals surface area contributed by atoms with Crippen LogP contribution in [0.5, 0.6) is 0 Å². The number of nitrogens with zero attached hydrogens (tertiary/aromatic N) is 2. The van der Waals surface area contributed by atoms with E-state index < -0.39 is 24.5 Å². The van der Waals surface area contributed by atoms with E-state index in [-0.39, 0.29) is 18.4 Å². The van der Waals surface area contributed by atoms with Crippen LogP contribution in [-0.2, 0) is 4.79 Å². The third-order valence-electron chi connectivity index (χ3n) is 7.53. The molecule has 1 aliphatic heterocycles. The Labute approximate surface area is 226 Å². The van der Waals surface area contributed by atoms with Gasteiger partial charge in [0, 0.05) is 48.9 Å². The molecule has 2 aliphatic rings. The molecule has 0 bridgehead atoms. The van der Waals surface area contributed by atoms with Gasteiger partial charge in [0.15, 0.2) is 0 Å². The van der Waals surface area contributed by atoms with Crippen LogP contribution < -0.4 is 10.2 Å². The Bertz CT molecular complexity index is 1340. The van der Waals surface area contributed by atoms with E-state index in [1.807, 2.05) is 67.6 Å². The zero-order valence-electron chi connectivity index (χ0n) is 21.9. The number of nitrogens with one attached hydrogen (secondary N) is 1. The van der Waals surface area contributed by atoms with Crippen LogP contribution in [0.2, 0.25) is 0 Å². The van der Waals surface area contributed by atoms with E-state index >= 15 is 0 Å². The number of hydrogen-bond acceptors (Lipinski definition) is 3. The van der Waals surface area contributed by atoms with Crippen LogP contribution >= 0.6 is 0 Å². The molecule has 5 nitrogen and oxygen atoms in total. The quantitative estimate of drug-likeness (QED) is 0.374. The second-order valence-corrected chi connectivity index (χ2v) is 10.3. The summed E-state index contributed by atoms with van der Waals surface area (Å²) < 4.78 is 40.5. The molecule has 39 heavy (non-hydrogen) atoms. The molecule has 1 aliphatic carbocycles. The number of carbonyl (C=O) groups is 2. The lowest BCUT2D eigenvalue weighted by Crippen LogP contribution is -2.52. The van der Waals surface area contributed by atoms with E-state index in [9.17, 15) is 22.8 Å². The molecular weight excluding hydrogens is 503 g/mol. The van der Waals surface area contributed by atoms with Gasteiger partial charge in [0.1, 0.15) is 6.54 Å². The van der Waals surface area contributed by atoms with Crippen molar-refractivity contribution in [1.82, 2.24) is 10.2 Å². The highest BCUT2D eigenvalue weighted by molar-refractivity contribution is 5.99. The molecule has 3 aromatic rings. The number of amides is 2. The predicted molar refractivity (Wildman–Crippen MR) is 146 cm³/mol. The average molecular weight is 536 g/mol. The highest BCUT2D eigenvalue weighted by Crippen LogP contribution is 2.50. The molecule has 5 rings (SSSR count). The summed E-state index contributed by atoms with van der Waals surface area (Å²) in [5, 5.41) is 2.99. The lowest BCUT2D eigenvalue weighted by Gasteiger charge is -2.42. The van der Waals surface area contributed by atoms with E-state index in [1.165, 1.54) is 0 Å². The number of alkyl halides is 3. The van der Waals surface area contributed by atoms with Crippen LogP contribution in [0.3, 0.4) is 0 Å². The number of unbranched alkanes of at least 4 members (excludes halogenated alkanes) is 1. The maximum Gasteiger partial charge on any atom is 0.406 e. The average Bonchev–Trinajstić information content (AvgIpc) is 3.24. The minimum Gasteiger partial charge on any atom is -0.370 e. The minimum atomic E-state index is -4.47. The Morgan fingerprint density at radius 2 is 1.64 bits per heavy atom. The Morgan fingerprint density at radius 1 is 0.949 bits per heavy atom. The maximum absolute atomic E-state index is 13.9. The van der Waals surface area contributed by atoms with Crippen LogP contribution in [0.15, 0.2) is 72.8 Å². The summed E-state index contributed by atoms with van der Waals surface area (Å²) in [4.78, 5) is 29.4. The summed E-state index contributed by atoms with van der Waals surface area (Å²) in [5.41, 5.74) is 4.79. The Hall–Kier alpha value is -3.81. The highest BCUT2D eigenvalue weighted by atomic mass is 19.4. The first kappa shape index (κ1) is 26.8. The minimum absolute atomic E-state index is 0.0674. The summed E-state index contributed by atoms with van der Waals surface area (Å²) in [7, 11) is 0. The zero-order chi connectivity index (χ0) is 27.6. The molecule has 1 saturated heterocycles. The SMILES string of the molecule is CCCCN(CC(F)(F)F)C(=O)C1c2ccccc2-c2cccc(N3CC(CNC(=O)c4ccccc4)C3)c21. The lowest BCUT2D eigenvalue weighted by molar-refractivity contribution is -0.161. The Morgan fingerprint density at radius 3 is 2.36 bits per heavy atom. The fraction of sp³-hybridized carbons (Fsp3) is 0.355. The van der Waals surface area contributed by atoms with Crippen molar-refractivity contribution in [3.8, 4) is 11.1 Å². The first-order chi connectivity index (χ1) is 18.8. The van der Waals surface area contributed by atoms with Gasteiger partial charge in [-0.1, -0.05) is 67.9 Å². The maximum atomic E-state index is 13.9. The molecule has 1 fully saturated rings. The Kier molecular flexibility index (Phi) is 7.64. The van der Waals surface area contributed by atoms with Crippen molar-refractivity contribution in [2.45, 2.75) is 31.9 Å². The monoisotopic (exact) mass is 535 g/mol. The molecule has 3 aromatic carbocycles. The summed E-state index contributed by atoms with van der Waals surface area (Å²) in [6.07, 6.45) is -3.27. The van der Waals surface area contributed by atoms with E-state index in [4.69, 9.17) is 0 Å². The predicted octanol–water partition coefficient (Wildman–Crippen LogP) is 5.86. The molecule has 0 radical (unpaired) electrons. The number of rotatable bonds is 9. The molecule has 1 N–H and O–H groups in total. The summed E-state index contributed by atoms with van der Waals surface area (Å²) in [6.45, 7) is 2.61. The van der Waals surface area contributed by atoms with Crippen molar-refractivity contribution in [2.24, 2.45) is 5.92 Å². The number of carbonyl (C=O) groups excluding carboxylic acids is 2. The standard InChI is InChI=1S/C31H32F3N3O2/c1-2-3-16-36(20-31(32,33)34)30(39)28-25-13-8-7-12-23(25)24-14-9-15-26(27(24)28)37-18-21(19-37)17-35-29(38)22-10-5-4-6-11-22/h4-15,21,28H,2-3,16-20H2,1H3,(H,35,38). The molecule has 1 atom stereocenters. The van der Waals surface area contributed by atoms with E-state index in [0.717, 1.165) is 32.8 Å². The molecule has 1 unspecified atom stereocenters. The molecule has 204 valence electrons. The van der Waals surface area contributed by atoms with Gasteiger partial charge in [0.25, 0.3) is 5.91 Å². The number of benzene rings is 3. The van der Waals surface area contributed by atoms with E-state index in [2.05, 4.69) is 10.2 Å². The first-order valence-electron chi connectivity index (χ1n) is 13.4. The van der Waals surface area contributed by atoms with E-state index in [0.29, 0.717) is 38.0 Å². The van der Waals surface area contributed by atoms with Crippen molar-refractivity contribution < 1.29 is 22.8 Å². The van der Waals surface area contributed by atoms with Gasteiger partial charge in [-0.2, -0.15) is 13.2 Å². The van der Waals surface area contributed by atoms with Crippen molar-refractivity contribution in [1.29, 1.82) is 0 Å². The fourth-order valence-corrected chi connectivity index (χ4v) is 5.61. The van der Waals surface area contributed by atoms with E-state index in [1.54, 1.807) is 12.1 Å². The van der Waals surface area contributed by atoms with Crippen molar-refractivity contribution in [3.05, 3.63) is 89.5 Å². The molecular formula is C31H32F3N3O2. The van der Waals surface area contributed by atoms with Crippen LogP contribution in [-0.4, -0.2) is 55.6 Å². The van der Waals surface area contributed by atoms with Gasteiger partial charge in [-0.15, -0.1) is 0 Å². The molecule has 0 spiro atoms. The van der Waals surface area contributed by atoms with Gasteiger partial charge in [0.05, 0.1) is 5.92 Å². The van der Waals surface area contributed by atoms with Gasteiger partial charge >= 0.3 is 6.18 Å². The van der Waals surface area contributed by atoms with Crippen molar-refractivity contribution in [2.75, 3.05) is 37.6 Å². The molecule has 2 amide bonds. The first-order valence-corrected chi connectivity index (χ1v) is 13.4. The molecule has 1 heterocycles. The second kappa shape index (κ2) is 11.1.